The van der Waals surface area contributed by atoms with Crippen molar-refractivity contribution in [2.24, 2.45) is 0 Å². The summed E-state index contributed by atoms with van der Waals surface area (Å²) in [5, 5.41) is 2.64. The number of alkyl carbamates (subject to hydrolysis) is 1. The van der Waals surface area contributed by atoms with Crippen LogP contribution in [-0.2, 0) is 21.3 Å². The molecular weight excluding hydrogens is 431 g/mol. The number of nitrogens with one attached hydrogen (secondary N) is 1. The van der Waals surface area contributed by atoms with E-state index in [1.165, 1.54) is 6.07 Å². The van der Waals surface area contributed by atoms with Crippen LogP contribution >= 0.6 is 27.5 Å². The second kappa shape index (κ2) is 9.93. The molecular formula is C16H23BBrClFNO3S. The Morgan fingerprint density at radius 1 is 1.64 bits per heavy atom. The third-order valence-electron chi connectivity index (χ3n) is 3.15. The van der Waals surface area contributed by atoms with E-state index in [1.807, 2.05) is 0 Å². The fourth-order valence-corrected chi connectivity index (χ4v) is 3.68. The Hall–Kier alpha value is -0.595. The van der Waals surface area contributed by atoms with E-state index in [-0.39, 0.29) is 15.2 Å². The summed E-state index contributed by atoms with van der Waals surface area (Å²) in [6.45, 7) is 5.77. The van der Waals surface area contributed by atoms with Gasteiger partial charge in [0, 0.05) is 0 Å². The van der Waals surface area contributed by atoms with Crippen molar-refractivity contribution < 1.29 is 18.1 Å². The summed E-state index contributed by atoms with van der Waals surface area (Å²) in [5.74, 6) is -0.700. The van der Waals surface area contributed by atoms with E-state index < -0.39 is 33.7 Å². The summed E-state index contributed by atoms with van der Waals surface area (Å²) in [5.41, 5.74) is 0.123. The van der Waals surface area contributed by atoms with E-state index >= 15 is 0 Å². The maximum absolute atomic E-state index is 13.6. The molecule has 1 unspecified atom stereocenters. The molecule has 0 saturated carbocycles. The molecule has 1 amide bonds. The van der Waals surface area contributed by atoms with Gasteiger partial charge in [-0.2, -0.15) is 0 Å². The zero-order chi connectivity index (χ0) is 20.8. The minimum atomic E-state index is -3.23. The van der Waals surface area contributed by atoms with Crippen LogP contribution in [0.5, 0.6) is 0 Å². The summed E-state index contributed by atoms with van der Waals surface area (Å²) < 4.78 is 45.7. The van der Waals surface area contributed by atoms with Crippen LogP contribution < -0.4 is 5.32 Å². The number of carbonyl (C=O) groups excluding carboxylic acids is 1. The molecule has 0 radical (unpaired) electrons. The molecule has 1 rings (SSSR count). The maximum atomic E-state index is 13.6. The van der Waals surface area contributed by atoms with Crippen LogP contribution in [0.15, 0.2) is 16.6 Å². The van der Waals surface area contributed by atoms with Gasteiger partial charge in [0.15, 0.2) is 0 Å². The monoisotopic (exact) mass is 456 g/mol. The average Bonchev–Trinajstić information content (AvgIpc) is 2.50. The molecule has 0 aliphatic carbocycles. The molecule has 0 aliphatic heterocycles. The first kappa shape index (κ1) is 19.2. The van der Waals surface area contributed by atoms with E-state index in [0.717, 1.165) is 5.56 Å². The molecule has 0 aromatic heterocycles. The standard InChI is InChI=1S/C16H23BBrClFNO3S/c1-16(2,3)24-15(22)21-11(9-25(17)23)6-4-5-10-7-12(18)14(20)13(19)8-10/h7-8,11,17,25H,4-6,9H2,1-3H3,(H,21,22)/t11-/m1/s1/i17T,25D. The first-order valence-electron chi connectivity index (χ1n) is 8.72. The molecule has 9 heteroatoms. The van der Waals surface area contributed by atoms with Crippen molar-refractivity contribution in [2.45, 2.75) is 51.7 Å². The number of aryl methyl sites for hydroxylation is 1. The average molecular weight is 458 g/mol. The normalized spacial score (nSPS) is 16.1. The van der Waals surface area contributed by atoms with Gasteiger partial charge in [-0.3, -0.25) is 0 Å². The molecule has 2 atom stereocenters. The second-order valence-corrected chi connectivity index (χ2v) is 9.01. The number of thiol groups is 1. The molecule has 0 spiro atoms. The van der Waals surface area contributed by atoms with E-state index in [0.29, 0.717) is 25.9 Å². The number of hydrogen-bond donors (Lipinski definition) is 2. The number of rotatable bonds is 7. The molecule has 4 nitrogen and oxygen atoms in total. The van der Waals surface area contributed by atoms with Crippen LogP contribution in [0.2, 0.25) is 5.02 Å². The number of halogens is 3. The van der Waals surface area contributed by atoms with Gasteiger partial charge in [0.05, 0.1) is 0 Å². The van der Waals surface area contributed by atoms with Crippen molar-refractivity contribution >= 4 is 50.4 Å². The summed E-state index contributed by atoms with van der Waals surface area (Å²) in [7, 11) is -3.23. The van der Waals surface area contributed by atoms with Crippen LogP contribution in [0.1, 0.15) is 39.2 Å². The Balaban J connectivity index is 2.76. The van der Waals surface area contributed by atoms with Crippen LogP contribution in [0.25, 0.3) is 0 Å². The van der Waals surface area contributed by atoms with E-state index in [2.05, 4.69) is 21.2 Å². The Morgan fingerprint density at radius 2 is 2.32 bits per heavy atom. The zero-order valence-electron chi connectivity index (χ0n) is 16.4. The van der Waals surface area contributed by atoms with Gasteiger partial charge in [-0.25, -0.2) is 0 Å². The molecule has 1 aromatic rings. The topological polar surface area (TPSA) is 55.4 Å². The van der Waals surface area contributed by atoms with Crippen molar-refractivity contribution in [2.75, 3.05) is 5.75 Å². The number of benzene rings is 1. The second-order valence-electron chi connectivity index (χ2n) is 6.66. The van der Waals surface area contributed by atoms with Crippen LogP contribution in [0.3, 0.4) is 0 Å². The molecule has 1 aromatic carbocycles. The number of hydrogen-bond acceptors (Lipinski definition) is 3. The SMILES string of the molecule is [2H]S(=O)(=B[3H])C[C@@H](CCCc1cc(Cl)c(F)c(Br)c1)NC(=O)OC(C)(C)C. The van der Waals surface area contributed by atoms with Gasteiger partial charge < -0.3 is 0 Å². The van der Waals surface area contributed by atoms with Crippen LogP contribution in [0, 0.1) is 5.82 Å². The molecule has 0 heterocycles. The van der Waals surface area contributed by atoms with Crippen LogP contribution in [0.4, 0.5) is 9.18 Å². The van der Waals surface area contributed by atoms with E-state index in [9.17, 15) is 13.4 Å². The quantitative estimate of drug-likeness (QED) is 0.373. The molecule has 0 fully saturated rings. The number of amides is 1. The van der Waals surface area contributed by atoms with Gasteiger partial charge in [0.1, 0.15) is 0 Å². The van der Waals surface area contributed by atoms with Gasteiger partial charge in [-0.15, -0.1) is 0 Å². The van der Waals surface area contributed by atoms with E-state index in [4.69, 9.17) is 18.8 Å². The van der Waals surface area contributed by atoms with Crippen molar-refractivity contribution in [3.8, 4) is 0 Å². The Bertz CT molecular complexity index is 777. The van der Waals surface area contributed by atoms with Gasteiger partial charge in [-0.05, 0) is 0 Å². The van der Waals surface area contributed by atoms with Crippen molar-refractivity contribution in [1.82, 2.24) is 5.32 Å². The van der Waals surface area contributed by atoms with Crippen LogP contribution in [-0.4, -0.2) is 36.8 Å². The summed E-state index contributed by atoms with van der Waals surface area (Å²) in [4.78, 5) is 12.0. The Morgan fingerprint density at radius 3 is 2.88 bits per heavy atom. The van der Waals surface area contributed by atoms with E-state index in [1.54, 1.807) is 26.8 Å². The molecule has 25 heavy (non-hydrogen) atoms. The van der Waals surface area contributed by atoms with Crippen molar-refractivity contribution in [3.05, 3.63) is 33.0 Å². The fraction of sp³-hybridized carbons (Fsp3) is 0.562. The first-order valence-corrected chi connectivity index (χ1v) is 10.3. The third kappa shape index (κ3) is 9.06. The summed E-state index contributed by atoms with van der Waals surface area (Å²) in [6, 6.07) is 2.57. The zero-order valence-corrected chi connectivity index (χ0v) is 17.6. The molecule has 0 aliphatic rings. The summed E-state index contributed by atoms with van der Waals surface area (Å²) >= 11 is 8.94. The predicted molar refractivity (Wildman–Crippen MR) is 107 cm³/mol. The number of carbonyl (C=O) groups is 1. The molecule has 0 saturated heterocycles. The molecule has 0 bridgehead atoms. The fourth-order valence-electron chi connectivity index (χ4n) is 2.17. The Kier molecular flexibility index (Phi) is 7.61. The minimum absolute atomic E-state index is 0.0146. The number of ether oxygens (including phenoxy) is 1. The van der Waals surface area contributed by atoms with Gasteiger partial charge in [-0.1, -0.05) is 0 Å². The first-order chi connectivity index (χ1) is 12.3. The van der Waals surface area contributed by atoms with Crippen molar-refractivity contribution in [3.63, 3.8) is 0 Å². The molecule has 140 valence electrons. The predicted octanol–water partition coefficient (Wildman–Crippen LogP) is 3.75. The third-order valence-corrected chi connectivity index (χ3v) is 4.73. The summed E-state index contributed by atoms with van der Waals surface area (Å²) in [6.07, 6.45) is 0.868. The van der Waals surface area contributed by atoms with Crippen molar-refractivity contribution in [1.29, 1.82) is 2.46 Å². The Labute approximate surface area is 166 Å². The molecule has 1 N–H and O–H groups in total. The van der Waals surface area contributed by atoms with Gasteiger partial charge in [0.2, 0.25) is 0 Å². The van der Waals surface area contributed by atoms with Gasteiger partial charge >= 0.3 is 167 Å². The van der Waals surface area contributed by atoms with Gasteiger partial charge in [0.25, 0.3) is 0 Å².